The highest BCUT2D eigenvalue weighted by Gasteiger charge is 2.12. The lowest BCUT2D eigenvalue weighted by Gasteiger charge is -1.95. The number of nitrogens with zero attached hydrogens (tertiary/aromatic N) is 3. The van der Waals surface area contributed by atoms with E-state index >= 15 is 0 Å². The minimum absolute atomic E-state index is 0.126. The standard InChI is InChI=1S/C12H13N3O2S/c1-7-6-13-15(3)9(7)4-5-10-14-11(12(16)17)8(2)18-10/h4-6H,1-3H3,(H,16,17). The highest BCUT2D eigenvalue weighted by Crippen LogP contribution is 2.20. The summed E-state index contributed by atoms with van der Waals surface area (Å²) in [6.45, 7) is 3.73. The Balaban J connectivity index is 2.30. The van der Waals surface area contributed by atoms with Crippen molar-refractivity contribution in [1.29, 1.82) is 0 Å². The number of carboxylic acids is 1. The Morgan fingerprint density at radius 3 is 2.67 bits per heavy atom. The summed E-state index contributed by atoms with van der Waals surface area (Å²) in [5.74, 6) is -0.986. The van der Waals surface area contributed by atoms with Gasteiger partial charge in [0.2, 0.25) is 0 Å². The Morgan fingerprint density at radius 2 is 2.17 bits per heavy atom. The van der Waals surface area contributed by atoms with E-state index in [-0.39, 0.29) is 5.69 Å². The van der Waals surface area contributed by atoms with Gasteiger partial charge >= 0.3 is 5.97 Å². The van der Waals surface area contributed by atoms with E-state index < -0.39 is 5.97 Å². The second-order valence-electron chi connectivity index (χ2n) is 3.93. The number of thiazole rings is 1. The summed E-state index contributed by atoms with van der Waals surface area (Å²) in [6, 6.07) is 0. The molecule has 0 saturated carbocycles. The van der Waals surface area contributed by atoms with Gasteiger partial charge in [-0.3, -0.25) is 4.68 Å². The number of hydrogen-bond donors (Lipinski definition) is 1. The highest BCUT2D eigenvalue weighted by molar-refractivity contribution is 7.12. The van der Waals surface area contributed by atoms with E-state index in [0.29, 0.717) is 9.88 Å². The van der Waals surface area contributed by atoms with Crippen LogP contribution in [0.1, 0.15) is 31.6 Å². The van der Waals surface area contributed by atoms with Crippen molar-refractivity contribution >= 4 is 29.5 Å². The number of hydrogen-bond acceptors (Lipinski definition) is 4. The Labute approximate surface area is 108 Å². The summed E-state index contributed by atoms with van der Waals surface area (Å²) >= 11 is 1.37. The molecule has 0 aliphatic carbocycles. The normalized spacial score (nSPS) is 11.3. The summed E-state index contributed by atoms with van der Waals surface area (Å²) in [4.78, 5) is 15.7. The van der Waals surface area contributed by atoms with Gasteiger partial charge in [0.25, 0.3) is 0 Å². The maximum atomic E-state index is 10.9. The summed E-state index contributed by atoms with van der Waals surface area (Å²) in [7, 11) is 1.86. The smallest absolute Gasteiger partial charge is 0.355 e. The Kier molecular flexibility index (Phi) is 3.29. The number of carbonyl (C=O) groups is 1. The highest BCUT2D eigenvalue weighted by atomic mass is 32.1. The molecule has 0 aliphatic rings. The van der Waals surface area contributed by atoms with Crippen molar-refractivity contribution in [3.63, 3.8) is 0 Å². The predicted octanol–water partition coefficient (Wildman–Crippen LogP) is 2.36. The molecule has 2 aromatic rings. The third kappa shape index (κ3) is 2.33. The van der Waals surface area contributed by atoms with Crippen LogP contribution in [0.4, 0.5) is 0 Å². The van der Waals surface area contributed by atoms with Gasteiger partial charge in [-0.25, -0.2) is 9.78 Å². The summed E-state index contributed by atoms with van der Waals surface area (Å²) in [5, 5.41) is 13.7. The molecule has 5 nitrogen and oxygen atoms in total. The molecule has 0 unspecified atom stereocenters. The van der Waals surface area contributed by atoms with Crippen LogP contribution in [0.15, 0.2) is 6.20 Å². The quantitative estimate of drug-likeness (QED) is 0.923. The molecule has 2 heterocycles. The van der Waals surface area contributed by atoms with Crippen LogP contribution in [0.3, 0.4) is 0 Å². The summed E-state index contributed by atoms with van der Waals surface area (Å²) in [6.07, 6.45) is 5.50. The molecular weight excluding hydrogens is 250 g/mol. The first-order valence-electron chi connectivity index (χ1n) is 5.36. The Bertz CT molecular complexity index is 606. The molecule has 1 N–H and O–H groups in total. The van der Waals surface area contributed by atoms with Crippen LogP contribution >= 0.6 is 11.3 Å². The first-order valence-corrected chi connectivity index (χ1v) is 6.18. The molecule has 2 rings (SSSR count). The molecular formula is C12H13N3O2S. The largest absolute Gasteiger partial charge is 0.476 e. The third-order valence-corrected chi connectivity index (χ3v) is 3.51. The van der Waals surface area contributed by atoms with Gasteiger partial charge in [0, 0.05) is 11.9 Å². The zero-order valence-corrected chi connectivity index (χ0v) is 11.2. The van der Waals surface area contributed by atoms with E-state index in [1.165, 1.54) is 11.3 Å². The molecule has 0 aromatic carbocycles. The second kappa shape index (κ2) is 4.73. The SMILES string of the molecule is Cc1cnn(C)c1C=Cc1nc(C(=O)O)c(C)s1. The van der Waals surface area contributed by atoms with Crippen LogP contribution in [-0.2, 0) is 7.05 Å². The minimum Gasteiger partial charge on any atom is -0.476 e. The molecule has 0 radical (unpaired) electrons. The van der Waals surface area contributed by atoms with Gasteiger partial charge in [-0.15, -0.1) is 11.3 Å². The van der Waals surface area contributed by atoms with Crippen molar-refractivity contribution in [2.75, 3.05) is 0 Å². The lowest BCUT2D eigenvalue weighted by Crippen LogP contribution is -1.98. The fraction of sp³-hybridized carbons (Fsp3) is 0.250. The lowest BCUT2D eigenvalue weighted by atomic mass is 10.2. The van der Waals surface area contributed by atoms with Crippen LogP contribution < -0.4 is 0 Å². The molecule has 0 fully saturated rings. The average Bonchev–Trinajstić information content (AvgIpc) is 2.81. The molecule has 18 heavy (non-hydrogen) atoms. The van der Waals surface area contributed by atoms with Gasteiger partial charge in [0.05, 0.1) is 11.9 Å². The van der Waals surface area contributed by atoms with E-state index in [2.05, 4.69) is 10.1 Å². The average molecular weight is 263 g/mol. The number of aryl methyl sites for hydroxylation is 3. The molecule has 0 amide bonds. The van der Waals surface area contributed by atoms with Gasteiger partial charge in [0.1, 0.15) is 5.01 Å². The molecule has 0 spiro atoms. The fourth-order valence-electron chi connectivity index (χ4n) is 1.63. The molecule has 2 aromatic heterocycles. The number of aromatic nitrogens is 3. The first kappa shape index (κ1) is 12.5. The van der Waals surface area contributed by atoms with E-state index in [4.69, 9.17) is 5.11 Å². The van der Waals surface area contributed by atoms with Crippen molar-refractivity contribution in [3.05, 3.63) is 33.0 Å². The van der Waals surface area contributed by atoms with Crippen LogP contribution in [0.5, 0.6) is 0 Å². The second-order valence-corrected chi connectivity index (χ2v) is 5.17. The van der Waals surface area contributed by atoms with Gasteiger partial charge in [-0.2, -0.15) is 5.10 Å². The zero-order valence-electron chi connectivity index (χ0n) is 10.3. The van der Waals surface area contributed by atoms with Crippen LogP contribution in [-0.4, -0.2) is 25.8 Å². The maximum absolute atomic E-state index is 10.9. The van der Waals surface area contributed by atoms with Crippen molar-refractivity contribution in [3.8, 4) is 0 Å². The first-order chi connectivity index (χ1) is 8.49. The summed E-state index contributed by atoms with van der Waals surface area (Å²) < 4.78 is 1.77. The maximum Gasteiger partial charge on any atom is 0.355 e. The van der Waals surface area contributed by atoms with Crippen molar-refractivity contribution in [2.24, 2.45) is 7.05 Å². The minimum atomic E-state index is -0.986. The van der Waals surface area contributed by atoms with Gasteiger partial charge in [-0.1, -0.05) is 0 Å². The zero-order chi connectivity index (χ0) is 13.3. The van der Waals surface area contributed by atoms with E-state index in [1.54, 1.807) is 17.8 Å². The van der Waals surface area contributed by atoms with Crippen molar-refractivity contribution in [1.82, 2.24) is 14.8 Å². The number of aromatic carboxylic acids is 1. The topological polar surface area (TPSA) is 68.0 Å². The van der Waals surface area contributed by atoms with Crippen molar-refractivity contribution in [2.45, 2.75) is 13.8 Å². The van der Waals surface area contributed by atoms with Crippen molar-refractivity contribution < 1.29 is 9.90 Å². The van der Waals surface area contributed by atoms with Crippen LogP contribution in [0.2, 0.25) is 0 Å². The van der Waals surface area contributed by atoms with Crippen LogP contribution in [0, 0.1) is 13.8 Å². The van der Waals surface area contributed by atoms with Gasteiger partial charge in [0.15, 0.2) is 5.69 Å². The summed E-state index contributed by atoms with van der Waals surface area (Å²) in [5.41, 5.74) is 2.18. The Morgan fingerprint density at radius 1 is 1.44 bits per heavy atom. The number of rotatable bonds is 3. The lowest BCUT2D eigenvalue weighted by molar-refractivity contribution is 0.0690. The van der Waals surface area contributed by atoms with Gasteiger partial charge in [-0.05, 0) is 31.6 Å². The van der Waals surface area contributed by atoms with E-state index in [1.807, 2.05) is 26.1 Å². The molecule has 0 saturated heterocycles. The Hall–Kier alpha value is -1.95. The number of carboxylic acid groups (broad SMARTS) is 1. The van der Waals surface area contributed by atoms with E-state index in [9.17, 15) is 4.79 Å². The molecule has 0 bridgehead atoms. The van der Waals surface area contributed by atoms with E-state index in [0.717, 1.165) is 11.3 Å². The fourth-order valence-corrected chi connectivity index (χ4v) is 2.45. The van der Waals surface area contributed by atoms with Crippen LogP contribution in [0.25, 0.3) is 12.2 Å². The molecule has 6 heteroatoms. The molecule has 94 valence electrons. The molecule has 0 aliphatic heterocycles. The third-order valence-electron chi connectivity index (χ3n) is 2.58. The monoisotopic (exact) mass is 263 g/mol. The molecule has 0 atom stereocenters. The predicted molar refractivity (Wildman–Crippen MR) is 70.7 cm³/mol. The van der Waals surface area contributed by atoms with Gasteiger partial charge < -0.3 is 5.11 Å².